The fourth-order valence-corrected chi connectivity index (χ4v) is 1.26. The van der Waals surface area contributed by atoms with Gasteiger partial charge in [0.15, 0.2) is 0 Å². The van der Waals surface area contributed by atoms with Crippen molar-refractivity contribution in [3.63, 3.8) is 0 Å². The van der Waals surface area contributed by atoms with Crippen molar-refractivity contribution in [1.82, 2.24) is 10.6 Å². The average Bonchev–Trinajstić information content (AvgIpc) is 1.76. The maximum atomic E-state index is 10.5. The highest BCUT2D eigenvalue weighted by Crippen LogP contribution is 2.18. The summed E-state index contributed by atoms with van der Waals surface area (Å²) in [5.41, 5.74) is 0. The van der Waals surface area contributed by atoms with E-state index in [1.807, 2.05) is 7.05 Å². The van der Waals surface area contributed by atoms with Crippen molar-refractivity contribution >= 4 is 5.91 Å². The fourth-order valence-electron chi connectivity index (χ4n) is 1.26. The lowest BCUT2D eigenvalue weighted by Crippen LogP contribution is -2.50. The summed E-state index contributed by atoms with van der Waals surface area (Å²) < 4.78 is 0. The van der Waals surface area contributed by atoms with Crippen LogP contribution in [0.1, 0.15) is 19.8 Å². The largest absolute Gasteiger partial charge is 0.353 e. The van der Waals surface area contributed by atoms with Crippen LogP contribution in [0.25, 0.3) is 0 Å². The van der Waals surface area contributed by atoms with Crippen LogP contribution in [0.3, 0.4) is 0 Å². The first kappa shape index (κ1) is 7.54. The molecule has 10 heavy (non-hydrogen) atoms. The first-order valence-electron chi connectivity index (χ1n) is 3.66. The minimum Gasteiger partial charge on any atom is -0.353 e. The molecule has 3 nitrogen and oxygen atoms in total. The van der Waals surface area contributed by atoms with E-state index in [0.29, 0.717) is 12.1 Å². The minimum absolute atomic E-state index is 0.0829. The van der Waals surface area contributed by atoms with Crippen LogP contribution in [-0.2, 0) is 4.79 Å². The highest BCUT2D eigenvalue weighted by Gasteiger charge is 2.27. The molecule has 3 heteroatoms. The second-order valence-corrected chi connectivity index (χ2v) is 2.85. The van der Waals surface area contributed by atoms with Crippen molar-refractivity contribution < 1.29 is 4.79 Å². The molecule has 58 valence electrons. The third-order valence-corrected chi connectivity index (χ3v) is 1.95. The molecular weight excluding hydrogens is 128 g/mol. The van der Waals surface area contributed by atoms with Crippen LogP contribution in [0.2, 0.25) is 0 Å². The van der Waals surface area contributed by atoms with Crippen LogP contribution in [0, 0.1) is 0 Å². The summed E-state index contributed by atoms with van der Waals surface area (Å²) in [5.74, 6) is 0.0829. The summed E-state index contributed by atoms with van der Waals surface area (Å²) >= 11 is 0. The zero-order chi connectivity index (χ0) is 7.56. The maximum absolute atomic E-state index is 10.5. The van der Waals surface area contributed by atoms with E-state index in [-0.39, 0.29) is 5.91 Å². The van der Waals surface area contributed by atoms with E-state index in [4.69, 9.17) is 0 Å². The van der Waals surface area contributed by atoms with Crippen LogP contribution in [0.5, 0.6) is 0 Å². The summed E-state index contributed by atoms with van der Waals surface area (Å²) in [6, 6.07) is 1.05. The van der Waals surface area contributed by atoms with E-state index < -0.39 is 0 Å². The molecule has 0 aromatic rings. The topological polar surface area (TPSA) is 41.1 Å². The van der Waals surface area contributed by atoms with Gasteiger partial charge in [0.2, 0.25) is 5.91 Å². The van der Waals surface area contributed by atoms with Gasteiger partial charge in [0.05, 0.1) is 0 Å². The quantitative estimate of drug-likeness (QED) is 0.564. The molecular formula is C7H14N2O. The van der Waals surface area contributed by atoms with E-state index in [1.54, 1.807) is 6.92 Å². The third kappa shape index (κ3) is 1.70. The van der Waals surface area contributed by atoms with Crippen molar-refractivity contribution in [1.29, 1.82) is 0 Å². The van der Waals surface area contributed by atoms with Gasteiger partial charge in [-0.15, -0.1) is 0 Å². The lowest BCUT2D eigenvalue weighted by atomic mass is 9.87. The first-order chi connectivity index (χ1) is 4.72. The highest BCUT2D eigenvalue weighted by molar-refractivity contribution is 5.73. The molecule has 1 aliphatic rings. The molecule has 0 heterocycles. The standard InChI is InChI=1S/C7H14N2O/c1-5(10)9-7-3-6(4-7)8-2/h6-8H,3-4H2,1-2H3,(H,9,10)/t6-,7+. The molecule has 0 bridgehead atoms. The number of carbonyl (C=O) groups excluding carboxylic acids is 1. The zero-order valence-electron chi connectivity index (χ0n) is 6.48. The Labute approximate surface area is 61.2 Å². The van der Waals surface area contributed by atoms with Gasteiger partial charge in [-0.1, -0.05) is 0 Å². The monoisotopic (exact) mass is 142 g/mol. The number of rotatable bonds is 2. The van der Waals surface area contributed by atoms with Gasteiger partial charge in [0.25, 0.3) is 0 Å². The molecule has 1 fully saturated rings. The molecule has 1 aliphatic carbocycles. The second-order valence-electron chi connectivity index (χ2n) is 2.85. The summed E-state index contributed by atoms with van der Waals surface area (Å²) in [4.78, 5) is 10.5. The van der Waals surface area contributed by atoms with Gasteiger partial charge in [0.1, 0.15) is 0 Å². The van der Waals surface area contributed by atoms with Crippen LogP contribution in [0.15, 0.2) is 0 Å². The Morgan fingerprint density at radius 3 is 2.40 bits per heavy atom. The molecule has 1 rings (SSSR count). The molecule has 0 unspecified atom stereocenters. The molecule has 1 amide bonds. The zero-order valence-corrected chi connectivity index (χ0v) is 6.48. The first-order valence-corrected chi connectivity index (χ1v) is 3.66. The number of nitrogens with one attached hydrogen (secondary N) is 2. The normalized spacial score (nSPS) is 31.0. The lowest BCUT2D eigenvalue weighted by Gasteiger charge is -2.35. The summed E-state index contributed by atoms with van der Waals surface area (Å²) in [7, 11) is 1.95. The smallest absolute Gasteiger partial charge is 0.217 e. The Morgan fingerprint density at radius 2 is 2.00 bits per heavy atom. The van der Waals surface area contributed by atoms with Gasteiger partial charge < -0.3 is 10.6 Å². The van der Waals surface area contributed by atoms with E-state index in [0.717, 1.165) is 12.8 Å². The van der Waals surface area contributed by atoms with Crippen molar-refractivity contribution in [2.24, 2.45) is 0 Å². The summed E-state index contributed by atoms with van der Waals surface area (Å²) in [6.45, 7) is 1.56. The second kappa shape index (κ2) is 3.01. The molecule has 1 saturated carbocycles. The molecule has 0 saturated heterocycles. The van der Waals surface area contributed by atoms with Crippen LogP contribution in [-0.4, -0.2) is 25.0 Å². The van der Waals surface area contributed by atoms with Crippen molar-refractivity contribution in [2.75, 3.05) is 7.05 Å². The molecule has 0 radical (unpaired) electrons. The predicted molar refractivity (Wildman–Crippen MR) is 39.7 cm³/mol. The molecule has 2 N–H and O–H groups in total. The molecule has 0 atom stereocenters. The van der Waals surface area contributed by atoms with Gasteiger partial charge in [-0.3, -0.25) is 4.79 Å². The maximum Gasteiger partial charge on any atom is 0.217 e. The van der Waals surface area contributed by atoms with Gasteiger partial charge in [-0.25, -0.2) is 0 Å². The number of carbonyl (C=O) groups is 1. The van der Waals surface area contributed by atoms with E-state index in [9.17, 15) is 4.79 Å². The summed E-state index contributed by atoms with van der Waals surface area (Å²) in [5, 5.41) is 6.02. The molecule has 0 aliphatic heterocycles. The van der Waals surface area contributed by atoms with Gasteiger partial charge >= 0.3 is 0 Å². The Bertz CT molecular complexity index is 130. The van der Waals surface area contributed by atoms with Crippen LogP contribution in [0.4, 0.5) is 0 Å². The Hall–Kier alpha value is -0.570. The molecule has 0 spiro atoms. The summed E-state index contributed by atoms with van der Waals surface area (Å²) in [6.07, 6.45) is 2.16. The lowest BCUT2D eigenvalue weighted by molar-refractivity contribution is -0.120. The van der Waals surface area contributed by atoms with Gasteiger partial charge in [0, 0.05) is 19.0 Å². The Morgan fingerprint density at radius 1 is 1.40 bits per heavy atom. The van der Waals surface area contributed by atoms with Crippen molar-refractivity contribution in [2.45, 2.75) is 31.8 Å². The SMILES string of the molecule is CN[C@H]1C[C@@H](NC(C)=O)C1. The van der Waals surface area contributed by atoms with Gasteiger partial charge in [-0.05, 0) is 19.9 Å². The third-order valence-electron chi connectivity index (χ3n) is 1.95. The number of hydrogen-bond donors (Lipinski definition) is 2. The van der Waals surface area contributed by atoms with Crippen LogP contribution >= 0.6 is 0 Å². The van der Waals surface area contributed by atoms with Crippen molar-refractivity contribution in [3.8, 4) is 0 Å². The highest BCUT2D eigenvalue weighted by atomic mass is 16.1. The predicted octanol–water partition coefficient (Wildman–Crippen LogP) is -0.127. The van der Waals surface area contributed by atoms with Crippen molar-refractivity contribution in [3.05, 3.63) is 0 Å². The Kier molecular flexibility index (Phi) is 2.27. The van der Waals surface area contributed by atoms with Crippen LogP contribution < -0.4 is 10.6 Å². The number of amides is 1. The van der Waals surface area contributed by atoms with E-state index in [2.05, 4.69) is 10.6 Å². The van der Waals surface area contributed by atoms with Gasteiger partial charge in [-0.2, -0.15) is 0 Å². The van der Waals surface area contributed by atoms with E-state index in [1.165, 1.54) is 0 Å². The molecule has 0 aromatic carbocycles. The number of hydrogen-bond acceptors (Lipinski definition) is 2. The minimum atomic E-state index is 0.0829. The fraction of sp³-hybridized carbons (Fsp3) is 0.857. The Balaban J connectivity index is 2.08. The average molecular weight is 142 g/mol. The van der Waals surface area contributed by atoms with E-state index >= 15 is 0 Å². The molecule has 0 aromatic heterocycles.